The van der Waals surface area contributed by atoms with Crippen LogP contribution in [0.3, 0.4) is 0 Å². The molecule has 0 bridgehead atoms. The average Bonchev–Trinajstić information content (AvgIpc) is 3.29. The third-order valence-corrected chi connectivity index (χ3v) is 4.44. The minimum absolute atomic E-state index is 0.100. The van der Waals surface area contributed by atoms with E-state index in [0.717, 1.165) is 17.5 Å². The molecule has 0 fully saturated rings. The zero-order chi connectivity index (χ0) is 21.1. The minimum atomic E-state index is -2.80. The summed E-state index contributed by atoms with van der Waals surface area (Å²) in [6.07, 6.45) is 1.06. The van der Waals surface area contributed by atoms with Crippen LogP contribution in [0, 0.1) is 13.8 Å². The molecule has 1 aromatic carbocycles. The highest BCUT2D eigenvalue weighted by molar-refractivity contribution is 6.03. The Hall–Kier alpha value is -3.43. The molecule has 0 aliphatic carbocycles. The molecule has 8 nitrogen and oxygen atoms in total. The van der Waals surface area contributed by atoms with Gasteiger partial charge in [0.1, 0.15) is 0 Å². The van der Waals surface area contributed by atoms with Crippen LogP contribution < -0.4 is 14.8 Å². The molecule has 1 amide bonds. The number of anilines is 1. The molecule has 2 heterocycles. The smallest absolute Gasteiger partial charge is 0.333 e. The van der Waals surface area contributed by atoms with E-state index in [1.54, 1.807) is 25.8 Å². The first-order valence-electron chi connectivity index (χ1n) is 8.73. The first kappa shape index (κ1) is 20.3. The number of hydrogen-bond donors (Lipinski definition) is 1. The second-order valence-corrected chi connectivity index (χ2v) is 6.31. The third-order valence-electron chi connectivity index (χ3n) is 4.44. The predicted molar refractivity (Wildman–Crippen MR) is 102 cm³/mol. The summed E-state index contributed by atoms with van der Waals surface area (Å²) in [7, 11) is 3.13. The Morgan fingerprint density at radius 3 is 2.48 bits per heavy atom. The van der Waals surface area contributed by atoms with E-state index >= 15 is 0 Å². The zero-order valence-electron chi connectivity index (χ0n) is 16.4. The molecule has 0 aliphatic heterocycles. The number of ether oxygens (including phenoxy) is 2. The molecule has 2 aromatic heterocycles. The monoisotopic (exact) mass is 405 g/mol. The standard InChI is InChI=1S/C19H21F2N5O3/c1-11-17(22-18(27)14-7-8-25(24-14)19(20)21)12(2)26(23-11)10-13-5-6-15(28-3)16(9-13)29-4/h5-9,19H,10H2,1-4H3,(H,22,27). The predicted octanol–water partition coefficient (Wildman–Crippen LogP) is 3.41. The molecule has 0 unspecified atom stereocenters. The molecule has 1 N–H and O–H groups in total. The van der Waals surface area contributed by atoms with Crippen molar-refractivity contribution in [3.05, 3.63) is 53.1 Å². The fraction of sp³-hybridized carbons (Fsp3) is 0.316. The maximum atomic E-state index is 12.6. The van der Waals surface area contributed by atoms with Gasteiger partial charge in [0, 0.05) is 6.20 Å². The highest BCUT2D eigenvalue weighted by Crippen LogP contribution is 2.28. The van der Waals surface area contributed by atoms with Crippen molar-refractivity contribution >= 4 is 11.6 Å². The average molecular weight is 405 g/mol. The van der Waals surface area contributed by atoms with Crippen molar-refractivity contribution in [3.63, 3.8) is 0 Å². The van der Waals surface area contributed by atoms with Crippen molar-refractivity contribution < 1.29 is 23.0 Å². The summed E-state index contributed by atoms with van der Waals surface area (Å²) in [5, 5.41) is 10.8. The second-order valence-electron chi connectivity index (χ2n) is 6.31. The Kier molecular flexibility index (Phi) is 5.81. The molecule has 3 rings (SSSR count). The maximum absolute atomic E-state index is 12.6. The van der Waals surface area contributed by atoms with Gasteiger partial charge in [-0.2, -0.15) is 19.0 Å². The Bertz CT molecular complexity index is 1030. The molecule has 3 aromatic rings. The van der Waals surface area contributed by atoms with E-state index in [-0.39, 0.29) is 5.69 Å². The highest BCUT2D eigenvalue weighted by atomic mass is 19.3. The van der Waals surface area contributed by atoms with Gasteiger partial charge in [-0.1, -0.05) is 6.07 Å². The molecule has 10 heteroatoms. The first-order valence-corrected chi connectivity index (χ1v) is 8.73. The van der Waals surface area contributed by atoms with Gasteiger partial charge in [0.15, 0.2) is 17.2 Å². The lowest BCUT2D eigenvalue weighted by Crippen LogP contribution is -2.15. The topological polar surface area (TPSA) is 83.2 Å². The normalized spacial score (nSPS) is 11.0. The van der Waals surface area contributed by atoms with Crippen LogP contribution in [0.4, 0.5) is 14.5 Å². The number of benzene rings is 1. The quantitative estimate of drug-likeness (QED) is 0.651. The molecule has 0 spiro atoms. The maximum Gasteiger partial charge on any atom is 0.333 e. The second kappa shape index (κ2) is 8.29. The summed E-state index contributed by atoms with van der Waals surface area (Å²) in [5.74, 6) is 0.650. The van der Waals surface area contributed by atoms with Crippen molar-refractivity contribution in [3.8, 4) is 11.5 Å². The lowest BCUT2D eigenvalue weighted by Gasteiger charge is -2.11. The van der Waals surface area contributed by atoms with Gasteiger partial charge in [-0.3, -0.25) is 9.48 Å². The van der Waals surface area contributed by atoms with Crippen LogP contribution in [0.5, 0.6) is 11.5 Å². The summed E-state index contributed by atoms with van der Waals surface area (Å²) in [5.41, 5.74) is 2.67. The van der Waals surface area contributed by atoms with E-state index in [1.165, 1.54) is 6.07 Å². The largest absolute Gasteiger partial charge is 0.493 e. The van der Waals surface area contributed by atoms with Crippen molar-refractivity contribution in [2.24, 2.45) is 0 Å². The van der Waals surface area contributed by atoms with Crippen LogP contribution >= 0.6 is 0 Å². The summed E-state index contributed by atoms with van der Waals surface area (Å²) >= 11 is 0. The number of methoxy groups -OCH3 is 2. The van der Waals surface area contributed by atoms with Gasteiger partial charge in [-0.25, -0.2) is 4.68 Å². The molecule has 154 valence electrons. The van der Waals surface area contributed by atoms with Gasteiger partial charge in [-0.05, 0) is 37.6 Å². The lowest BCUT2D eigenvalue weighted by atomic mass is 10.2. The molecule has 0 saturated heterocycles. The fourth-order valence-electron chi connectivity index (χ4n) is 2.93. The number of alkyl halides is 2. The Morgan fingerprint density at radius 2 is 1.86 bits per heavy atom. The number of aryl methyl sites for hydroxylation is 1. The number of amides is 1. The van der Waals surface area contributed by atoms with Gasteiger partial charge in [0.05, 0.1) is 37.8 Å². The van der Waals surface area contributed by atoms with E-state index in [1.807, 2.05) is 25.1 Å². The lowest BCUT2D eigenvalue weighted by molar-refractivity contribution is 0.0561. The summed E-state index contributed by atoms with van der Waals surface area (Å²) in [6, 6.07) is 6.79. The third kappa shape index (κ3) is 4.20. The van der Waals surface area contributed by atoms with Gasteiger partial charge in [-0.15, -0.1) is 0 Å². The minimum Gasteiger partial charge on any atom is -0.493 e. The highest BCUT2D eigenvalue weighted by Gasteiger charge is 2.18. The Morgan fingerprint density at radius 1 is 1.14 bits per heavy atom. The van der Waals surface area contributed by atoms with Gasteiger partial charge in [0.25, 0.3) is 5.91 Å². The van der Waals surface area contributed by atoms with Crippen LogP contribution in [-0.2, 0) is 6.54 Å². The van der Waals surface area contributed by atoms with Crippen LogP contribution in [-0.4, -0.2) is 39.7 Å². The van der Waals surface area contributed by atoms with E-state index in [4.69, 9.17) is 9.47 Å². The Labute approximate surface area is 166 Å². The number of carbonyl (C=O) groups excluding carboxylic acids is 1. The molecular weight excluding hydrogens is 384 g/mol. The number of rotatable bonds is 7. The van der Waals surface area contributed by atoms with Crippen LogP contribution in [0.1, 0.15) is 34.0 Å². The number of hydrogen-bond acceptors (Lipinski definition) is 5. The number of carbonyl (C=O) groups is 1. The summed E-state index contributed by atoms with van der Waals surface area (Å²) in [6.45, 7) is 1.21. The van der Waals surface area contributed by atoms with E-state index in [0.29, 0.717) is 34.1 Å². The van der Waals surface area contributed by atoms with Gasteiger partial charge < -0.3 is 14.8 Å². The molecule has 29 heavy (non-hydrogen) atoms. The number of nitrogens with one attached hydrogen (secondary N) is 1. The molecular formula is C19H21F2N5O3. The first-order chi connectivity index (χ1) is 13.8. The number of nitrogens with zero attached hydrogens (tertiary/aromatic N) is 4. The zero-order valence-corrected chi connectivity index (χ0v) is 16.4. The van der Waals surface area contributed by atoms with Crippen molar-refractivity contribution in [1.82, 2.24) is 19.6 Å². The van der Waals surface area contributed by atoms with Crippen LogP contribution in [0.2, 0.25) is 0 Å². The summed E-state index contributed by atoms with van der Waals surface area (Å²) in [4.78, 5) is 12.4. The Balaban J connectivity index is 1.80. The number of aromatic nitrogens is 4. The van der Waals surface area contributed by atoms with Crippen LogP contribution in [0.25, 0.3) is 0 Å². The van der Waals surface area contributed by atoms with Crippen molar-refractivity contribution in [2.45, 2.75) is 26.9 Å². The van der Waals surface area contributed by atoms with Crippen LogP contribution in [0.15, 0.2) is 30.5 Å². The summed E-state index contributed by atoms with van der Waals surface area (Å²) < 4.78 is 38.0. The van der Waals surface area contributed by atoms with E-state index < -0.39 is 12.5 Å². The van der Waals surface area contributed by atoms with Crippen molar-refractivity contribution in [2.75, 3.05) is 19.5 Å². The van der Waals surface area contributed by atoms with Gasteiger partial charge >= 0.3 is 6.55 Å². The van der Waals surface area contributed by atoms with Crippen molar-refractivity contribution in [1.29, 1.82) is 0 Å². The molecule has 0 atom stereocenters. The molecule has 0 aliphatic rings. The van der Waals surface area contributed by atoms with Gasteiger partial charge in [0.2, 0.25) is 0 Å². The fourth-order valence-corrected chi connectivity index (χ4v) is 2.93. The van der Waals surface area contributed by atoms with E-state index in [9.17, 15) is 13.6 Å². The van der Waals surface area contributed by atoms with E-state index in [2.05, 4.69) is 15.5 Å². The number of halogens is 2. The molecule has 0 saturated carbocycles. The molecule has 0 radical (unpaired) electrons. The SMILES string of the molecule is COc1ccc(Cn2nc(C)c(NC(=O)c3ccn(C(F)F)n3)c2C)cc1OC.